The molecule has 1 rings (SSSR count). The van der Waals surface area contributed by atoms with Gasteiger partial charge in [0.05, 0.1) is 5.01 Å². The number of hydrogen-bond acceptors (Lipinski definition) is 2. The summed E-state index contributed by atoms with van der Waals surface area (Å²) in [5, 5.41) is 3.22. The molecule has 1 aromatic rings. The number of hydrogen-bond donors (Lipinski definition) is 0. The van der Waals surface area contributed by atoms with Crippen LogP contribution in [-0.2, 0) is 6.42 Å². The summed E-state index contributed by atoms with van der Waals surface area (Å²) >= 11 is 1.71. The Balaban J connectivity index is 0. The van der Waals surface area contributed by atoms with Crippen molar-refractivity contribution in [2.75, 3.05) is 0 Å². The molecule has 60 valence electrons. The largest absolute Gasteiger partial charge is 0.250 e. The molecule has 0 aliphatic heterocycles. The van der Waals surface area contributed by atoms with Gasteiger partial charge in [-0.3, -0.25) is 0 Å². The van der Waals surface area contributed by atoms with Crippen LogP contribution in [0.3, 0.4) is 0 Å². The van der Waals surface area contributed by atoms with E-state index in [1.165, 1.54) is 5.01 Å². The third-order valence-electron chi connectivity index (χ3n) is 0.786. The fourth-order valence-corrected chi connectivity index (χ4v) is 0.995. The number of thiazole rings is 1. The van der Waals surface area contributed by atoms with Crippen molar-refractivity contribution in [2.45, 2.75) is 27.2 Å². The van der Waals surface area contributed by atoms with Crippen molar-refractivity contribution in [3.05, 3.63) is 16.6 Å². The summed E-state index contributed by atoms with van der Waals surface area (Å²) in [6.07, 6.45) is 2.90. The molecule has 0 N–H and O–H groups in total. The van der Waals surface area contributed by atoms with Gasteiger partial charge in [-0.25, -0.2) is 4.98 Å². The van der Waals surface area contributed by atoms with Crippen LogP contribution in [0.1, 0.15) is 25.8 Å². The van der Waals surface area contributed by atoms with Gasteiger partial charge in [-0.2, -0.15) is 13.5 Å². The molecule has 0 saturated heterocycles. The van der Waals surface area contributed by atoms with E-state index in [2.05, 4.69) is 11.9 Å². The first-order valence-corrected chi connectivity index (χ1v) is 4.20. The highest BCUT2D eigenvalue weighted by atomic mass is 32.1. The van der Waals surface area contributed by atoms with Crippen LogP contribution in [0.25, 0.3) is 0 Å². The zero-order chi connectivity index (χ0) is 7.11. The topological polar surface area (TPSA) is 12.9 Å². The first-order chi connectivity index (χ1) is 4.43. The van der Waals surface area contributed by atoms with Crippen molar-refractivity contribution in [3.8, 4) is 0 Å². The van der Waals surface area contributed by atoms with Crippen molar-refractivity contribution >= 4 is 24.8 Å². The Morgan fingerprint density at radius 3 is 2.30 bits per heavy atom. The standard InChI is InChI=1S/C5H7NS.C2H6.H2S/c1-2-5-6-3-4-7-5;1-2;/h3-4H,2H2,1H3;1-2H3;1H2. The minimum atomic E-state index is 0. The molecule has 1 heterocycles. The van der Waals surface area contributed by atoms with Crippen LogP contribution in [0, 0.1) is 0 Å². The molecule has 0 bridgehead atoms. The van der Waals surface area contributed by atoms with Gasteiger partial charge in [-0.1, -0.05) is 20.8 Å². The van der Waals surface area contributed by atoms with Crippen molar-refractivity contribution in [1.29, 1.82) is 0 Å². The van der Waals surface area contributed by atoms with E-state index >= 15 is 0 Å². The smallest absolute Gasteiger partial charge is 0.0922 e. The second kappa shape index (κ2) is 8.98. The minimum Gasteiger partial charge on any atom is -0.250 e. The van der Waals surface area contributed by atoms with E-state index in [4.69, 9.17) is 0 Å². The van der Waals surface area contributed by atoms with Crippen molar-refractivity contribution in [1.82, 2.24) is 4.98 Å². The van der Waals surface area contributed by atoms with E-state index in [-0.39, 0.29) is 13.5 Å². The molecule has 0 spiro atoms. The number of aromatic nitrogens is 1. The van der Waals surface area contributed by atoms with E-state index in [1.54, 1.807) is 11.3 Å². The molecular weight excluding hydrogens is 162 g/mol. The van der Waals surface area contributed by atoms with Gasteiger partial charge in [0.2, 0.25) is 0 Å². The number of rotatable bonds is 1. The third kappa shape index (κ3) is 4.82. The van der Waals surface area contributed by atoms with Crippen molar-refractivity contribution < 1.29 is 0 Å². The van der Waals surface area contributed by atoms with Crippen LogP contribution in [0.2, 0.25) is 0 Å². The lowest BCUT2D eigenvalue weighted by molar-refractivity contribution is 1.09. The van der Waals surface area contributed by atoms with Gasteiger partial charge in [0.15, 0.2) is 0 Å². The molecule has 0 aromatic carbocycles. The third-order valence-corrected chi connectivity index (χ3v) is 1.71. The maximum atomic E-state index is 4.05. The first kappa shape index (κ1) is 12.6. The summed E-state index contributed by atoms with van der Waals surface area (Å²) in [6.45, 7) is 6.11. The second-order valence-electron chi connectivity index (χ2n) is 1.28. The summed E-state index contributed by atoms with van der Waals surface area (Å²) < 4.78 is 0. The van der Waals surface area contributed by atoms with Crippen LogP contribution in [0.4, 0.5) is 0 Å². The lowest BCUT2D eigenvalue weighted by Gasteiger charge is -1.77. The Kier molecular flexibility index (Phi) is 11.3. The molecule has 0 saturated carbocycles. The molecule has 10 heavy (non-hydrogen) atoms. The summed E-state index contributed by atoms with van der Waals surface area (Å²) in [6, 6.07) is 0. The zero-order valence-electron chi connectivity index (χ0n) is 6.72. The Morgan fingerprint density at radius 2 is 2.10 bits per heavy atom. The summed E-state index contributed by atoms with van der Waals surface area (Å²) in [4.78, 5) is 4.05. The van der Waals surface area contributed by atoms with E-state index in [9.17, 15) is 0 Å². The van der Waals surface area contributed by atoms with Crippen molar-refractivity contribution in [3.63, 3.8) is 0 Å². The van der Waals surface area contributed by atoms with Gasteiger partial charge < -0.3 is 0 Å². The highest BCUT2D eigenvalue weighted by Gasteiger charge is 1.84. The SMILES string of the molecule is CC.CCc1nccs1.S. The minimum absolute atomic E-state index is 0. The van der Waals surface area contributed by atoms with Crippen LogP contribution >= 0.6 is 24.8 Å². The highest BCUT2D eigenvalue weighted by molar-refractivity contribution is 7.59. The predicted octanol–water partition coefficient (Wildman–Crippen LogP) is 2.84. The summed E-state index contributed by atoms with van der Waals surface area (Å²) in [5.74, 6) is 0. The molecule has 3 heteroatoms. The van der Waals surface area contributed by atoms with Crippen LogP contribution in [-0.4, -0.2) is 4.98 Å². The van der Waals surface area contributed by atoms with Crippen LogP contribution in [0.15, 0.2) is 11.6 Å². The molecule has 0 radical (unpaired) electrons. The summed E-state index contributed by atoms with van der Waals surface area (Å²) in [5.41, 5.74) is 0. The van der Waals surface area contributed by atoms with Crippen molar-refractivity contribution in [2.24, 2.45) is 0 Å². The molecule has 0 unspecified atom stereocenters. The second-order valence-corrected chi connectivity index (χ2v) is 2.26. The lowest BCUT2D eigenvalue weighted by atomic mass is 10.5. The molecule has 0 fully saturated rings. The predicted molar refractivity (Wildman–Crippen MR) is 53.2 cm³/mol. The van der Waals surface area contributed by atoms with E-state index in [0.717, 1.165) is 6.42 Å². The van der Waals surface area contributed by atoms with Crippen LogP contribution < -0.4 is 0 Å². The molecule has 0 atom stereocenters. The maximum absolute atomic E-state index is 4.05. The molecule has 0 aliphatic rings. The van der Waals surface area contributed by atoms with Gasteiger partial charge in [0.25, 0.3) is 0 Å². The molecule has 1 aromatic heterocycles. The summed E-state index contributed by atoms with van der Waals surface area (Å²) in [7, 11) is 0. The van der Waals surface area contributed by atoms with Crippen LogP contribution in [0.5, 0.6) is 0 Å². The molecule has 1 nitrogen and oxygen atoms in total. The Morgan fingerprint density at radius 1 is 1.50 bits per heavy atom. The average molecular weight is 177 g/mol. The van der Waals surface area contributed by atoms with E-state index < -0.39 is 0 Å². The van der Waals surface area contributed by atoms with E-state index in [0.29, 0.717) is 0 Å². The van der Waals surface area contributed by atoms with E-state index in [1.807, 2.05) is 25.4 Å². The lowest BCUT2D eigenvalue weighted by Crippen LogP contribution is -1.70. The average Bonchev–Trinajstić information content (AvgIpc) is 2.43. The van der Waals surface area contributed by atoms with Gasteiger partial charge in [-0.15, -0.1) is 11.3 Å². The number of nitrogens with zero attached hydrogens (tertiary/aromatic N) is 1. The number of aryl methyl sites for hydroxylation is 1. The quantitative estimate of drug-likeness (QED) is 0.643. The molecule has 0 amide bonds. The Labute approximate surface area is 73.9 Å². The molecular formula is C7H15NS2. The fraction of sp³-hybridized carbons (Fsp3) is 0.571. The first-order valence-electron chi connectivity index (χ1n) is 3.32. The van der Waals surface area contributed by atoms with Gasteiger partial charge >= 0.3 is 0 Å². The van der Waals surface area contributed by atoms with Gasteiger partial charge in [0, 0.05) is 11.6 Å². The Bertz CT molecular complexity index is 126. The maximum Gasteiger partial charge on any atom is 0.0922 e. The Hall–Kier alpha value is -0.0200. The van der Waals surface area contributed by atoms with Gasteiger partial charge in [-0.05, 0) is 6.42 Å². The normalized spacial score (nSPS) is 7.10. The fourth-order valence-electron chi connectivity index (χ4n) is 0.428. The monoisotopic (exact) mass is 177 g/mol. The highest BCUT2D eigenvalue weighted by Crippen LogP contribution is 2.02. The van der Waals surface area contributed by atoms with Gasteiger partial charge in [0.1, 0.15) is 0 Å². The zero-order valence-corrected chi connectivity index (χ0v) is 8.53. The molecule has 0 aliphatic carbocycles.